The van der Waals surface area contributed by atoms with Crippen LogP contribution in [0.4, 0.5) is 17.1 Å². The molecule has 1 saturated heterocycles. The van der Waals surface area contributed by atoms with Crippen LogP contribution in [0.5, 0.6) is 5.75 Å². The third-order valence-corrected chi connectivity index (χ3v) is 6.00. The molecule has 0 radical (unpaired) electrons. The second-order valence-corrected chi connectivity index (χ2v) is 7.93. The fourth-order valence-corrected chi connectivity index (χ4v) is 4.04. The Bertz CT molecular complexity index is 1130. The summed E-state index contributed by atoms with van der Waals surface area (Å²) in [6.07, 6.45) is 1.46. The summed E-state index contributed by atoms with van der Waals surface area (Å²) in [5.74, 6) is 0.163. The first kappa shape index (κ1) is 21.5. The summed E-state index contributed by atoms with van der Waals surface area (Å²) < 4.78 is 5.92. The zero-order chi connectivity index (χ0) is 22.0. The number of nitrogens with zero attached hydrogens (tertiary/aromatic N) is 2. The number of anilines is 3. The Labute approximate surface area is 190 Å². The average molecular weight is 460 g/mol. The number of halogens is 2. The molecule has 0 spiro atoms. The minimum atomic E-state index is -0.590. The summed E-state index contributed by atoms with van der Waals surface area (Å²) >= 11 is 12.6. The molecule has 1 aliphatic heterocycles. The summed E-state index contributed by atoms with van der Waals surface area (Å²) in [4.78, 5) is 18.9. The smallest absolute Gasteiger partial charge is 0.252 e. The van der Waals surface area contributed by atoms with E-state index < -0.39 is 5.91 Å². The zero-order valence-electron chi connectivity index (χ0n) is 17.0. The van der Waals surface area contributed by atoms with Crippen LogP contribution in [-0.4, -0.2) is 43.7 Å². The van der Waals surface area contributed by atoms with Crippen molar-refractivity contribution in [1.29, 1.82) is 0 Å². The van der Waals surface area contributed by atoms with E-state index in [1.165, 1.54) is 6.20 Å². The maximum Gasteiger partial charge on any atom is 0.252 e. The lowest BCUT2D eigenvalue weighted by Crippen LogP contribution is -2.43. The molecule has 9 heteroatoms. The van der Waals surface area contributed by atoms with E-state index in [0.29, 0.717) is 33.5 Å². The maximum atomic E-state index is 12.2. The number of piperazine rings is 1. The number of nitrogens with two attached hydrogens (primary N) is 1. The molecule has 2 heterocycles. The summed E-state index contributed by atoms with van der Waals surface area (Å²) in [5.41, 5.74) is 8.65. The minimum Gasteiger partial charge on any atom is -0.492 e. The third kappa shape index (κ3) is 4.35. The molecular weight excluding hydrogens is 437 g/mol. The van der Waals surface area contributed by atoms with Gasteiger partial charge in [0.25, 0.3) is 5.91 Å². The molecule has 1 aliphatic rings. The second kappa shape index (κ2) is 9.18. The monoisotopic (exact) mass is 459 g/mol. The largest absolute Gasteiger partial charge is 0.492 e. The number of carbonyl (C=O) groups is 1. The van der Waals surface area contributed by atoms with Gasteiger partial charge in [0, 0.05) is 43.8 Å². The maximum absolute atomic E-state index is 12.2. The Morgan fingerprint density at radius 2 is 2.06 bits per heavy atom. The Hall–Kier alpha value is -2.74. The predicted octanol–water partition coefficient (Wildman–Crippen LogP) is 4.19. The first-order valence-electron chi connectivity index (χ1n) is 10.1. The van der Waals surface area contributed by atoms with Gasteiger partial charge in [0.2, 0.25) is 0 Å². The topological polar surface area (TPSA) is 92.5 Å². The number of ether oxygens (including phenoxy) is 1. The van der Waals surface area contributed by atoms with Crippen LogP contribution in [0.2, 0.25) is 10.0 Å². The van der Waals surface area contributed by atoms with Crippen LogP contribution in [0, 0.1) is 0 Å². The zero-order valence-corrected chi connectivity index (χ0v) is 18.6. The van der Waals surface area contributed by atoms with Gasteiger partial charge in [-0.2, -0.15) is 0 Å². The van der Waals surface area contributed by atoms with Crippen LogP contribution < -0.4 is 26.0 Å². The number of aromatic nitrogens is 1. The number of benzene rings is 2. The third-order valence-electron chi connectivity index (χ3n) is 5.18. The van der Waals surface area contributed by atoms with Gasteiger partial charge >= 0.3 is 0 Å². The SMILES string of the molecule is CCOc1cc2ncc(C(N)=O)c(Nc3cccc(Cl)c3Cl)c2cc1N1CCNCC1. The molecule has 0 atom stereocenters. The number of nitrogens with one attached hydrogen (secondary N) is 2. The summed E-state index contributed by atoms with van der Waals surface area (Å²) in [6.45, 7) is 5.93. The fraction of sp³-hybridized carbons (Fsp3) is 0.273. The van der Waals surface area contributed by atoms with Crippen molar-refractivity contribution in [2.24, 2.45) is 5.73 Å². The molecule has 4 rings (SSSR count). The van der Waals surface area contributed by atoms with Crippen molar-refractivity contribution >= 4 is 57.1 Å². The van der Waals surface area contributed by atoms with Crippen LogP contribution in [0.15, 0.2) is 36.5 Å². The van der Waals surface area contributed by atoms with E-state index in [0.717, 1.165) is 43.0 Å². The Balaban J connectivity index is 1.92. The molecule has 0 bridgehead atoms. The lowest BCUT2D eigenvalue weighted by molar-refractivity contribution is 0.100. The number of pyridine rings is 1. The number of amides is 1. The van der Waals surface area contributed by atoms with Crippen LogP contribution >= 0.6 is 23.2 Å². The second-order valence-electron chi connectivity index (χ2n) is 7.14. The van der Waals surface area contributed by atoms with Gasteiger partial charge in [-0.3, -0.25) is 9.78 Å². The highest BCUT2D eigenvalue weighted by Crippen LogP contribution is 2.39. The lowest BCUT2D eigenvalue weighted by atomic mass is 10.1. The molecular formula is C22H23Cl2N5O2. The van der Waals surface area contributed by atoms with Crippen LogP contribution in [0.3, 0.4) is 0 Å². The van der Waals surface area contributed by atoms with Gasteiger partial charge in [-0.1, -0.05) is 29.3 Å². The van der Waals surface area contributed by atoms with E-state index in [1.807, 2.05) is 19.1 Å². The van der Waals surface area contributed by atoms with E-state index in [4.69, 9.17) is 33.7 Å². The molecule has 31 heavy (non-hydrogen) atoms. The van der Waals surface area contributed by atoms with Gasteiger partial charge < -0.3 is 26.0 Å². The van der Waals surface area contributed by atoms with Gasteiger partial charge in [-0.05, 0) is 25.1 Å². The number of carbonyl (C=O) groups excluding carboxylic acids is 1. The fourth-order valence-electron chi connectivity index (χ4n) is 3.69. The molecule has 0 saturated carbocycles. The van der Waals surface area contributed by atoms with Crippen molar-refractivity contribution in [1.82, 2.24) is 10.3 Å². The van der Waals surface area contributed by atoms with E-state index in [-0.39, 0.29) is 5.56 Å². The molecule has 1 amide bonds. The summed E-state index contributed by atoms with van der Waals surface area (Å²) in [7, 11) is 0. The van der Waals surface area contributed by atoms with Gasteiger partial charge in [0.1, 0.15) is 5.75 Å². The number of hydrogen-bond donors (Lipinski definition) is 3. The minimum absolute atomic E-state index is 0.263. The van der Waals surface area contributed by atoms with Crippen LogP contribution in [0.25, 0.3) is 10.9 Å². The normalized spacial score (nSPS) is 14.0. The van der Waals surface area contributed by atoms with Gasteiger partial charge in [0.15, 0.2) is 0 Å². The van der Waals surface area contributed by atoms with E-state index in [2.05, 4.69) is 20.5 Å². The van der Waals surface area contributed by atoms with Crippen LogP contribution in [0.1, 0.15) is 17.3 Å². The molecule has 1 fully saturated rings. The van der Waals surface area contributed by atoms with Crippen LogP contribution in [-0.2, 0) is 0 Å². The van der Waals surface area contributed by atoms with E-state index >= 15 is 0 Å². The Morgan fingerprint density at radius 1 is 1.29 bits per heavy atom. The number of rotatable bonds is 6. The van der Waals surface area contributed by atoms with Crippen molar-refractivity contribution in [3.8, 4) is 5.75 Å². The standard InChI is InChI=1S/C22H23Cl2N5O2/c1-2-31-19-11-17-13(10-18(19)29-8-6-26-7-9-29)21(14(12-27-17)22(25)30)28-16-5-3-4-15(23)20(16)24/h3-5,10-12,26H,2,6-9H2,1H3,(H2,25,30)(H,27,28). The molecule has 4 N–H and O–H groups in total. The number of hydrogen-bond acceptors (Lipinski definition) is 6. The molecule has 162 valence electrons. The Kier molecular flexibility index (Phi) is 6.36. The highest BCUT2D eigenvalue weighted by atomic mass is 35.5. The van der Waals surface area contributed by atoms with Crippen molar-refractivity contribution < 1.29 is 9.53 Å². The molecule has 2 aromatic carbocycles. The molecule has 7 nitrogen and oxygen atoms in total. The molecule has 1 aromatic heterocycles. The first-order valence-corrected chi connectivity index (χ1v) is 10.8. The van der Waals surface area contributed by atoms with Gasteiger partial charge in [-0.25, -0.2) is 0 Å². The molecule has 0 aliphatic carbocycles. The summed E-state index contributed by atoms with van der Waals surface area (Å²) in [6, 6.07) is 9.16. The van der Waals surface area contributed by atoms with Gasteiger partial charge in [-0.15, -0.1) is 0 Å². The number of fused-ring (bicyclic) bond motifs is 1. The number of primary amides is 1. The molecule has 3 aromatic rings. The van der Waals surface area contributed by atoms with Crippen molar-refractivity contribution in [3.63, 3.8) is 0 Å². The highest BCUT2D eigenvalue weighted by Gasteiger charge is 2.21. The van der Waals surface area contributed by atoms with E-state index in [9.17, 15) is 4.79 Å². The molecule has 0 unspecified atom stereocenters. The van der Waals surface area contributed by atoms with Gasteiger partial charge in [0.05, 0.1) is 44.8 Å². The van der Waals surface area contributed by atoms with Crippen molar-refractivity contribution in [3.05, 3.63) is 52.1 Å². The Morgan fingerprint density at radius 3 is 2.77 bits per heavy atom. The summed E-state index contributed by atoms with van der Waals surface area (Å²) in [5, 5.41) is 8.12. The first-order chi connectivity index (χ1) is 15.0. The average Bonchev–Trinajstić information content (AvgIpc) is 2.77. The highest BCUT2D eigenvalue weighted by molar-refractivity contribution is 6.43. The quantitative estimate of drug-likeness (QED) is 0.511. The van der Waals surface area contributed by atoms with E-state index in [1.54, 1.807) is 18.2 Å². The predicted molar refractivity (Wildman–Crippen MR) is 126 cm³/mol. The van der Waals surface area contributed by atoms with Crippen molar-refractivity contribution in [2.75, 3.05) is 43.0 Å². The lowest BCUT2D eigenvalue weighted by Gasteiger charge is -2.31. The van der Waals surface area contributed by atoms with Crippen molar-refractivity contribution in [2.45, 2.75) is 6.92 Å².